The molecule has 0 unspecified atom stereocenters. The number of nitrogens with one attached hydrogen (secondary N) is 3. The minimum atomic E-state index is -0.922. The number of rotatable bonds is 52. The molecule has 24 heteroatoms. The lowest BCUT2D eigenvalue weighted by atomic mass is 9.88. The second kappa shape index (κ2) is 46.5. The monoisotopic (exact) mass is 960 g/mol. The third kappa shape index (κ3) is 45.5. The van der Waals surface area contributed by atoms with Gasteiger partial charge in [-0.1, -0.05) is 6.92 Å². The number of carbonyl (C=O) groups excluding carboxylic acids is 3. The van der Waals surface area contributed by atoms with Gasteiger partial charge in [0.15, 0.2) is 0 Å². The summed E-state index contributed by atoms with van der Waals surface area (Å²) in [6.45, 7) is 8.85. The SMILES string of the molecule is CCC(COCCC(=O)NCCOCCOCCOCCC(=O)O)(COCCC(=O)NCCOCCOCCOCCC(=O)O)COCCC(=O)NCCOCCOCCOCCC(=O)O. The molecule has 0 rings (SSSR count). The van der Waals surface area contributed by atoms with Crippen LogP contribution < -0.4 is 16.0 Å². The third-order valence-corrected chi connectivity index (χ3v) is 8.71. The Morgan fingerprint density at radius 2 is 0.530 bits per heavy atom. The van der Waals surface area contributed by atoms with Gasteiger partial charge in [-0.15, -0.1) is 0 Å². The molecule has 0 saturated heterocycles. The first-order chi connectivity index (χ1) is 32.0. The molecule has 0 aromatic carbocycles. The molecule has 0 aromatic heterocycles. The van der Waals surface area contributed by atoms with E-state index >= 15 is 0 Å². The fourth-order valence-corrected chi connectivity index (χ4v) is 4.95. The van der Waals surface area contributed by atoms with Crippen molar-refractivity contribution in [3.05, 3.63) is 0 Å². The van der Waals surface area contributed by atoms with Gasteiger partial charge >= 0.3 is 17.9 Å². The van der Waals surface area contributed by atoms with Gasteiger partial charge in [-0.3, -0.25) is 28.8 Å². The minimum absolute atomic E-state index is 0.0612. The molecule has 0 aromatic rings. The van der Waals surface area contributed by atoms with Gasteiger partial charge in [0.25, 0.3) is 0 Å². The molecule has 0 aliphatic carbocycles. The second-order valence-electron chi connectivity index (χ2n) is 14.3. The molecule has 0 saturated carbocycles. The zero-order chi connectivity index (χ0) is 48.6. The van der Waals surface area contributed by atoms with Crippen LogP contribution in [0.4, 0.5) is 0 Å². The van der Waals surface area contributed by atoms with Crippen LogP contribution in [0, 0.1) is 5.41 Å². The molecular formula is C42H77N3O21. The summed E-state index contributed by atoms with van der Waals surface area (Å²) < 4.78 is 65.6. The summed E-state index contributed by atoms with van der Waals surface area (Å²) in [6, 6.07) is 0. The van der Waals surface area contributed by atoms with Gasteiger partial charge in [-0.25, -0.2) is 0 Å². The molecular weight excluding hydrogens is 882 g/mol. The molecule has 6 N–H and O–H groups in total. The molecule has 24 nitrogen and oxygen atoms in total. The maximum atomic E-state index is 12.4. The Bertz CT molecular complexity index is 1090. The van der Waals surface area contributed by atoms with Gasteiger partial charge in [0.2, 0.25) is 17.7 Å². The van der Waals surface area contributed by atoms with Gasteiger partial charge in [-0.05, 0) is 6.42 Å². The lowest BCUT2D eigenvalue weighted by Crippen LogP contribution is -2.38. The van der Waals surface area contributed by atoms with E-state index in [2.05, 4.69) is 16.0 Å². The van der Waals surface area contributed by atoms with E-state index in [0.29, 0.717) is 85.5 Å². The predicted molar refractivity (Wildman–Crippen MR) is 232 cm³/mol. The van der Waals surface area contributed by atoms with Crippen molar-refractivity contribution < 1.29 is 101 Å². The Hall–Kier alpha value is -3.66. The number of hydrogen-bond donors (Lipinski definition) is 6. The quantitative estimate of drug-likeness (QED) is 0.0420. The molecule has 0 heterocycles. The lowest BCUT2D eigenvalue weighted by molar-refractivity contribution is -0.139. The van der Waals surface area contributed by atoms with Crippen LogP contribution in [0.3, 0.4) is 0 Å². The smallest absolute Gasteiger partial charge is 0.305 e. The average Bonchev–Trinajstić information content (AvgIpc) is 3.28. The molecule has 0 aliphatic heterocycles. The van der Waals surface area contributed by atoms with E-state index in [9.17, 15) is 28.8 Å². The van der Waals surface area contributed by atoms with Crippen molar-refractivity contribution in [2.24, 2.45) is 5.41 Å². The highest BCUT2D eigenvalue weighted by atomic mass is 16.6. The largest absolute Gasteiger partial charge is 0.481 e. The first kappa shape index (κ1) is 62.3. The highest BCUT2D eigenvalue weighted by Gasteiger charge is 2.30. The van der Waals surface area contributed by atoms with Crippen LogP contribution in [-0.4, -0.2) is 229 Å². The van der Waals surface area contributed by atoms with Crippen LogP contribution >= 0.6 is 0 Å². The lowest BCUT2D eigenvalue weighted by Gasteiger charge is -2.32. The third-order valence-electron chi connectivity index (χ3n) is 8.71. The summed E-state index contributed by atoms with van der Waals surface area (Å²) in [6.07, 6.45) is 0.717. The predicted octanol–water partition coefficient (Wildman–Crippen LogP) is -0.475. The van der Waals surface area contributed by atoms with Crippen LogP contribution in [0.1, 0.15) is 51.9 Å². The number of carboxylic acids is 3. The average molecular weight is 960 g/mol. The molecule has 0 radical (unpaired) electrons. The van der Waals surface area contributed by atoms with E-state index < -0.39 is 23.3 Å². The summed E-state index contributed by atoms with van der Waals surface area (Å²) in [7, 11) is 0. The van der Waals surface area contributed by atoms with E-state index in [1.54, 1.807) is 0 Å². The summed E-state index contributed by atoms with van der Waals surface area (Å²) in [5.74, 6) is -3.42. The highest BCUT2D eigenvalue weighted by molar-refractivity contribution is 5.76. The Kier molecular flexibility index (Phi) is 43.9. The maximum Gasteiger partial charge on any atom is 0.305 e. The number of amides is 3. The summed E-state index contributed by atoms with van der Waals surface area (Å²) in [5.41, 5.74) is -0.634. The topological polar surface area (TPSA) is 310 Å². The van der Waals surface area contributed by atoms with E-state index in [1.165, 1.54) is 0 Å². The fraction of sp³-hybridized carbons (Fsp3) is 0.857. The van der Waals surface area contributed by atoms with Crippen molar-refractivity contribution in [3.63, 3.8) is 0 Å². The van der Waals surface area contributed by atoms with E-state index in [-0.39, 0.29) is 155 Å². The number of ether oxygens (including phenoxy) is 12. The Labute approximate surface area is 387 Å². The zero-order valence-electron chi connectivity index (χ0n) is 38.7. The normalized spacial score (nSPS) is 11.4. The molecule has 0 fully saturated rings. The van der Waals surface area contributed by atoms with E-state index in [4.69, 9.17) is 72.2 Å². The molecule has 0 aliphatic rings. The number of aliphatic carboxylic acids is 3. The highest BCUT2D eigenvalue weighted by Crippen LogP contribution is 2.24. The van der Waals surface area contributed by atoms with E-state index in [0.717, 1.165) is 0 Å². The second-order valence-corrected chi connectivity index (χ2v) is 14.3. The van der Waals surface area contributed by atoms with Gasteiger partial charge in [0, 0.05) is 44.3 Å². The number of carbonyl (C=O) groups is 6. The zero-order valence-corrected chi connectivity index (χ0v) is 38.7. The minimum Gasteiger partial charge on any atom is -0.481 e. The van der Waals surface area contributed by atoms with Crippen molar-refractivity contribution in [2.45, 2.75) is 51.9 Å². The van der Waals surface area contributed by atoms with Crippen LogP contribution in [0.2, 0.25) is 0 Å². The molecule has 0 spiro atoms. The summed E-state index contributed by atoms with van der Waals surface area (Å²) in [4.78, 5) is 68.6. The Morgan fingerprint density at radius 3 is 0.758 bits per heavy atom. The van der Waals surface area contributed by atoms with Crippen molar-refractivity contribution in [1.82, 2.24) is 16.0 Å². The van der Waals surface area contributed by atoms with Gasteiger partial charge in [0.05, 0.1) is 178 Å². The van der Waals surface area contributed by atoms with Gasteiger partial charge in [0.1, 0.15) is 0 Å². The Morgan fingerprint density at radius 1 is 0.318 bits per heavy atom. The molecule has 3 amide bonds. The van der Waals surface area contributed by atoms with Gasteiger partial charge < -0.3 is 88.1 Å². The molecule has 0 atom stereocenters. The Balaban J connectivity index is 4.52. The van der Waals surface area contributed by atoms with E-state index in [1.807, 2.05) is 6.92 Å². The first-order valence-electron chi connectivity index (χ1n) is 22.4. The fourth-order valence-electron chi connectivity index (χ4n) is 4.95. The maximum absolute atomic E-state index is 12.4. The van der Waals surface area contributed by atoms with Crippen molar-refractivity contribution in [2.75, 3.05) is 178 Å². The molecule has 386 valence electrons. The van der Waals surface area contributed by atoms with Crippen LogP contribution in [0.5, 0.6) is 0 Å². The van der Waals surface area contributed by atoms with Crippen LogP contribution in [0.25, 0.3) is 0 Å². The van der Waals surface area contributed by atoms with Gasteiger partial charge in [-0.2, -0.15) is 0 Å². The van der Waals surface area contributed by atoms with Crippen LogP contribution in [-0.2, 0) is 85.6 Å². The van der Waals surface area contributed by atoms with Crippen molar-refractivity contribution >= 4 is 35.6 Å². The van der Waals surface area contributed by atoms with Crippen molar-refractivity contribution in [1.29, 1.82) is 0 Å². The van der Waals surface area contributed by atoms with Crippen molar-refractivity contribution in [3.8, 4) is 0 Å². The first-order valence-corrected chi connectivity index (χ1v) is 22.4. The standard InChI is InChI=1S/C42H77N3O21/c1-2-42(33-64-12-3-36(46)43-9-18-58-24-30-61-27-21-55-15-6-39(49)50,34-65-13-4-37(47)44-10-19-59-25-31-62-28-22-56-16-7-40(51)52)35-66-14-5-38(48)45-11-20-60-26-32-63-29-23-57-17-8-41(53)54/h2-35H2,1H3,(H,43,46)(H,44,47)(H,45,48)(H,49,50)(H,51,52)(H,53,54). The molecule has 0 bridgehead atoms. The molecule has 66 heavy (non-hydrogen) atoms. The number of carboxylic acid groups (broad SMARTS) is 3. The van der Waals surface area contributed by atoms with Crippen LogP contribution in [0.15, 0.2) is 0 Å². The summed E-state index contributed by atoms with van der Waals surface area (Å²) in [5, 5.41) is 34.1. The number of hydrogen-bond acceptors (Lipinski definition) is 18. The summed E-state index contributed by atoms with van der Waals surface area (Å²) >= 11 is 0.